The van der Waals surface area contributed by atoms with E-state index in [-0.39, 0.29) is 12.5 Å². The lowest BCUT2D eigenvalue weighted by atomic mass is 10.1. The molecule has 1 heterocycles. The summed E-state index contributed by atoms with van der Waals surface area (Å²) in [5, 5.41) is 5.25. The van der Waals surface area contributed by atoms with Crippen LogP contribution < -0.4 is 14.9 Å². The Labute approximate surface area is 269 Å². The van der Waals surface area contributed by atoms with Gasteiger partial charge in [0.15, 0.2) is 11.5 Å². The van der Waals surface area contributed by atoms with Crippen molar-refractivity contribution in [2.45, 2.75) is 20.5 Å². The molecule has 5 aromatic rings. The molecule has 43 heavy (non-hydrogen) atoms. The Hall–Kier alpha value is -4.04. The van der Waals surface area contributed by atoms with Crippen molar-refractivity contribution in [2.75, 3.05) is 6.61 Å². The number of ether oxygens (including phenoxy) is 2. The Morgan fingerprint density at radius 1 is 0.953 bits per heavy atom. The second kappa shape index (κ2) is 14.0. The van der Waals surface area contributed by atoms with Crippen molar-refractivity contribution in [2.24, 2.45) is 5.10 Å². The fourth-order valence-electron chi connectivity index (χ4n) is 4.56. The SMILES string of the molecule is CCOc1cc(/C=N/NC(=O)c2ccc(-n3c(C)ccc3-c3ccccc3)cc2)cc(Br)c1OCc1ccc(Cl)cc1Cl. The van der Waals surface area contributed by atoms with Crippen molar-refractivity contribution in [1.82, 2.24) is 9.99 Å². The fourth-order valence-corrected chi connectivity index (χ4v) is 5.60. The lowest BCUT2D eigenvalue weighted by Gasteiger charge is -2.15. The highest BCUT2D eigenvalue weighted by molar-refractivity contribution is 9.10. The van der Waals surface area contributed by atoms with E-state index in [2.05, 4.69) is 62.2 Å². The number of aromatic nitrogens is 1. The predicted octanol–water partition coefficient (Wildman–Crippen LogP) is 9.26. The molecule has 0 fully saturated rings. The monoisotopic (exact) mass is 675 g/mol. The minimum Gasteiger partial charge on any atom is -0.490 e. The number of carbonyl (C=O) groups is 1. The second-order valence-electron chi connectivity index (χ2n) is 9.59. The van der Waals surface area contributed by atoms with Crippen molar-refractivity contribution < 1.29 is 14.3 Å². The summed E-state index contributed by atoms with van der Waals surface area (Å²) in [6.07, 6.45) is 1.55. The van der Waals surface area contributed by atoms with Gasteiger partial charge in [0.25, 0.3) is 5.91 Å². The van der Waals surface area contributed by atoms with Crippen LogP contribution in [0.25, 0.3) is 16.9 Å². The zero-order valence-electron chi connectivity index (χ0n) is 23.5. The number of carbonyl (C=O) groups excluding carboxylic acids is 1. The standard InChI is InChI=1S/C34H28BrCl2N3O3/c1-3-42-32-18-23(17-29(35)33(32)43-21-26-10-13-27(36)19-30(26)37)20-38-39-34(41)25-11-14-28(15-12-25)40-22(2)9-16-31(40)24-7-5-4-6-8-24/h4-20H,3,21H2,1-2H3,(H,39,41)/b38-20+. The van der Waals surface area contributed by atoms with E-state index in [1.807, 2.05) is 49.4 Å². The number of nitrogens with one attached hydrogen (secondary N) is 1. The first-order valence-electron chi connectivity index (χ1n) is 13.5. The Morgan fingerprint density at radius 2 is 1.72 bits per heavy atom. The Kier molecular flexibility index (Phi) is 9.87. The number of amides is 1. The van der Waals surface area contributed by atoms with Crippen molar-refractivity contribution in [3.8, 4) is 28.4 Å². The van der Waals surface area contributed by atoms with E-state index in [1.54, 1.807) is 36.5 Å². The Morgan fingerprint density at radius 3 is 2.44 bits per heavy atom. The van der Waals surface area contributed by atoms with Crippen molar-refractivity contribution in [1.29, 1.82) is 0 Å². The molecular formula is C34H28BrCl2N3O3. The lowest BCUT2D eigenvalue weighted by molar-refractivity contribution is 0.0955. The molecule has 1 aromatic heterocycles. The lowest BCUT2D eigenvalue weighted by Crippen LogP contribution is -2.17. The molecule has 218 valence electrons. The largest absolute Gasteiger partial charge is 0.490 e. The molecule has 0 bridgehead atoms. The van der Waals surface area contributed by atoms with Crippen molar-refractivity contribution in [3.05, 3.63) is 134 Å². The molecule has 1 N–H and O–H groups in total. The van der Waals surface area contributed by atoms with Crippen LogP contribution >= 0.6 is 39.1 Å². The van der Waals surface area contributed by atoms with Crippen LogP contribution in [0.4, 0.5) is 0 Å². The number of halogens is 3. The number of hydrazone groups is 1. The highest BCUT2D eigenvalue weighted by atomic mass is 79.9. The highest BCUT2D eigenvalue weighted by Gasteiger charge is 2.14. The summed E-state index contributed by atoms with van der Waals surface area (Å²) < 4.78 is 14.7. The third kappa shape index (κ3) is 7.31. The van der Waals surface area contributed by atoms with Gasteiger partial charge in [0.1, 0.15) is 6.61 Å². The van der Waals surface area contributed by atoms with Crippen LogP contribution in [0.1, 0.15) is 34.1 Å². The Balaban J connectivity index is 1.27. The average molecular weight is 677 g/mol. The van der Waals surface area contributed by atoms with Gasteiger partial charge in [-0.3, -0.25) is 4.79 Å². The number of nitrogens with zero attached hydrogens (tertiary/aromatic N) is 2. The zero-order valence-corrected chi connectivity index (χ0v) is 26.6. The maximum atomic E-state index is 12.8. The van der Waals surface area contributed by atoms with Gasteiger partial charge in [-0.15, -0.1) is 0 Å². The summed E-state index contributed by atoms with van der Waals surface area (Å²) >= 11 is 15.9. The van der Waals surface area contributed by atoms with Crippen molar-refractivity contribution in [3.63, 3.8) is 0 Å². The molecule has 1 amide bonds. The fraction of sp³-hybridized carbons (Fsp3) is 0.118. The van der Waals surface area contributed by atoms with Gasteiger partial charge in [0.2, 0.25) is 0 Å². The topological polar surface area (TPSA) is 64.8 Å². The molecule has 9 heteroatoms. The number of hydrogen-bond acceptors (Lipinski definition) is 4. The van der Waals surface area contributed by atoms with Gasteiger partial charge in [0, 0.05) is 32.6 Å². The van der Waals surface area contributed by atoms with Crippen molar-refractivity contribution >= 4 is 51.3 Å². The van der Waals surface area contributed by atoms with Gasteiger partial charge in [-0.2, -0.15) is 5.10 Å². The van der Waals surface area contributed by atoms with Crippen LogP contribution in [0.5, 0.6) is 11.5 Å². The van der Waals surface area contributed by atoms with Crippen LogP contribution in [-0.2, 0) is 6.61 Å². The summed E-state index contributed by atoms with van der Waals surface area (Å²) in [4.78, 5) is 12.8. The quantitative estimate of drug-likeness (QED) is 0.118. The minimum absolute atomic E-state index is 0.231. The van der Waals surface area contributed by atoms with E-state index >= 15 is 0 Å². The molecule has 0 saturated carbocycles. The first-order valence-corrected chi connectivity index (χ1v) is 15.1. The second-order valence-corrected chi connectivity index (χ2v) is 11.3. The maximum Gasteiger partial charge on any atom is 0.271 e. The molecule has 0 atom stereocenters. The van der Waals surface area contributed by atoms with E-state index < -0.39 is 0 Å². The average Bonchev–Trinajstić information content (AvgIpc) is 3.39. The van der Waals surface area contributed by atoms with E-state index in [9.17, 15) is 4.79 Å². The summed E-state index contributed by atoms with van der Waals surface area (Å²) in [6.45, 7) is 4.62. The number of aryl methyl sites for hydroxylation is 1. The van der Waals surface area contributed by atoms with E-state index in [0.29, 0.717) is 43.8 Å². The van der Waals surface area contributed by atoms with E-state index in [4.69, 9.17) is 32.7 Å². The van der Waals surface area contributed by atoms with Gasteiger partial charge in [-0.25, -0.2) is 5.43 Å². The summed E-state index contributed by atoms with van der Waals surface area (Å²) in [5.41, 5.74) is 8.87. The third-order valence-electron chi connectivity index (χ3n) is 6.63. The van der Waals surface area contributed by atoms with E-state index in [1.165, 1.54) is 0 Å². The molecule has 0 saturated heterocycles. The molecule has 5 rings (SSSR count). The molecule has 0 radical (unpaired) electrons. The van der Waals surface area contributed by atoms with Crippen LogP contribution in [0.3, 0.4) is 0 Å². The maximum absolute atomic E-state index is 12.8. The number of benzene rings is 4. The van der Waals surface area contributed by atoms with Gasteiger partial charge < -0.3 is 14.0 Å². The summed E-state index contributed by atoms with van der Waals surface area (Å²) in [6, 6.07) is 30.7. The molecule has 0 aliphatic rings. The number of hydrogen-bond donors (Lipinski definition) is 1. The Bertz CT molecular complexity index is 1770. The zero-order chi connectivity index (χ0) is 30.3. The molecule has 0 spiro atoms. The minimum atomic E-state index is -0.320. The van der Waals surface area contributed by atoms with Gasteiger partial charge in [-0.1, -0.05) is 59.6 Å². The first kappa shape index (κ1) is 30.4. The predicted molar refractivity (Wildman–Crippen MR) is 177 cm³/mol. The third-order valence-corrected chi connectivity index (χ3v) is 7.81. The van der Waals surface area contributed by atoms with Crippen LogP contribution in [0.2, 0.25) is 10.0 Å². The van der Waals surface area contributed by atoms with E-state index in [0.717, 1.165) is 28.2 Å². The van der Waals surface area contributed by atoms with Crippen LogP contribution in [0, 0.1) is 6.92 Å². The van der Waals surface area contributed by atoms with Gasteiger partial charge in [-0.05, 0) is 102 Å². The van der Waals surface area contributed by atoms with Crippen LogP contribution in [0.15, 0.2) is 107 Å². The smallest absolute Gasteiger partial charge is 0.271 e. The van der Waals surface area contributed by atoms with Gasteiger partial charge >= 0.3 is 0 Å². The molecule has 0 unspecified atom stereocenters. The molecule has 6 nitrogen and oxygen atoms in total. The highest BCUT2D eigenvalue weighted by Crippen LogP contribution is 2.37. The molecule has 4 aromatic carbocycles. The first-order chi connectivity index (χ1) is 20.8. The van der Waals surface area contributed by atoms with Crippen LogP contribution in [-0.4, -0.2) is 23.3 Å². The molecule has 0 aliphatic heterocycles. The van der Waals surface area contributed by atoms with Gasteiger partial charge in [0.05, 0.1) is 23.0 Å². The summed E-state index contributed by atoms with van der Waals surface area (Å²) in [7, 11) is 0. The number of rotatable bonds is 10. The normalized spacial score (nSPS) is 11.1. The summed E-state index contributed by atoms with van der Waals surface area (Å²) in [5.74, 6) is 0.738. The molecule has 0 aliphatic carbocycles. The molecular weight excluding hydrogens is 649 g/mol.